The Hall–Kier alpha value is -2.09. The molecule has 1 atom stereocenters. The third-order valence-electron chi connectivity index (χ3n) is 3.43. The maximum absolute atomic E-state index is 11.6. The van der Waals surface area contributed by atoms with Gasteiger partial charge in [-0.3, -0.25) is 4.79 Å². The molecular formula is C16H14O2. The van der Waals surface area contributed by atoms with E-state index in [-0.39, 0.29) is 17.8 Å². The maximum atomic E-state index is 11.6. The van der Waals surface area contributed by atoms with Crippen LogP contribution in [0.25, 0.3) is 0 Å². The van der Waals surface area contributed by atoms with E-state index in [9.17, 15) is 4.79 Å². The van der Waals surface area contributed by atoms with E-state index in [1.54, 1.807) is 0 Å². The third-order valence-corrected chi connectivity index (χ3v) is 3.43. The Labute approximate surface area is 106 Å². The fraction of sp³-hybridized carbons (Fsp3) is 0.188. The van der Waals surface area contributed by atoms with Crippen LogP contribution in [0.1, 0.15) is 17.0 Å². The average molecular weight is 238 g/mol. The number of rotatable bonds is 3. The topological polar surface area (TPSA) is 26.3 Å². The van der Waals surface area contributed by atoms with E-state index in [4.69, 9.17) is 4.74 Å². The van der Waals surface area contributed by atoms with Crippen LogP contribution in [-0.2, 0) is 9.53 Å². The Kier molecular flexibility index (Phi) is 2.85. The summed E-state index contributed by atoms with van der Waals surface area (Å²) in [6.45, 7) is 0.521. The molecule has 0 amide bonds. The first-order valence-electron chi connectivity index (χ1n) is 6.13. The summed E-state index contributed by atoms with van der Waals surface area (Å²) in [4.78, 5) is 11.6. The quantitative estimate of drug-likeness (QED) is 0.768. The van der Waals surface area contributed by atoms with E-state index in [1.165, 1.54) is 11.1 Å². The summed E-state index contributed by atoms with van der Waals surface area (Å²) in [5, 5.41) is 0. The molecule has 1 aliphatic heterocycles. The van der Waals surface area contributed by atoms with Crippen LogP contribution in [0.15, 0.2) is 60.7 Å². The van der Waals surface area contributed by atoms with E-state index >= 15 is 0 Å². The van der Waals surface area contributed by atoms with Gasteiger partial charge < -0.3 is 4.74 Å². The van der Waals surface area contributed by atoms with Crippen molar-refractivity contribution < 1.29 is 9.53 Å². The highest BCUT2D eigenvalue weighted by atomic mass is 16.6. The van der Waals surface area contributed by atoms with Crippen LogP contribution < -0.4 is 0 Å². The van der Waals surface area contributed by atoms with E-state index in [0.717, 1.165) is 0 Å². The van der Waals surface area contributed by atoms with Crippen molar-refractivity contribution in [3.05, 3.63) is 71.8 Å². The summed E-state index contributed by atoms with van der Waals surface area (Å²) in [5.41, 5.74) is 2.34. The molecule has 0 radical (unpaired) electrons. The van der Waals surface area contributed by atoms with Crippen LogP contribution >= 0.6 is 0 Å². The molecule has 2 nitrogen and oxygen atoms in total. The maximum Gasteiger partial charge on any atom is 0.313 e. The minimum Gasteiger partial charge on any atom is -0.464 e. The molecule has 0 saturated carbocycles. The number of esters is 1. The monoisotopic (exact) mass is 238 g/mol. The zero-order valence-corrected chi connectivity index (χ0v) is 9.95. The normalized spacial score (nSPS) is 18.3. The predicted molar refractivity (Wildman–Crippen MR) is 69.2 cm³/mol. The number of carbonyl (C=O) groups is 1. The van der Waals surface area contributed by atoms with Crippen molar-refractivity contribution >= 4 is 5.97 Å². The van der Waals surface area contributed by atoms with Gasteiger partial charge >= 0.3 is 5.97 Å². The molecule has 0 spiro atoms. The minimum atomic E-state index is -0.0901. The van der Waals surface area contributed by atoms with Gasteiger partial charge in [0.25, 0.3) is 0 Å². The lowest BCUT2D eigenvalue weighted by molar-refractivity contribution is -0.169. The summed E-state index contributed by atoms with van der Waals surface area (Å²) in [6.07, 6.45) is 0. The Morgan fingerprint density at radius 2 is 1.39 bits per heavy atom. The van der Waals surface area contributed by atoms with Crippen LogP contribution in [0.5, 0.6) is 0 Å². The number of benzene rings is 2. The Balaban J connectivity index is 2.02. The molecule has 18 heavy (non-hydrogen) atoms. The van der Waals surface area contributed by atoms with Crippen molar-refractivity contribution in [2.45, 2.75) is 5.92 Å². The van der Waals surface area contributed by atoms with Crippen molar-refractivity contribution in [1.82, 2.24) is 0 Å². The van der Waals surface area contributed by atoms with E-state index < -0.39 is 0 Å². The number of hydrogen-bond acceptors (Lipinski definition) is 2. The van der Waals surface area contributed by atoms with Crippen molar-refractivity contribution in [1.29, 1.82) is 0 Å². The van der Waals surface area contributed by atoms with E-state index in [2.05, 4.69) is 24.3 Å². The summed E-state index contributed by atoms with van der Waals surface area (Å²) >= 11 is 0. The second-order valence-corrected chi connectivity index (χ2v) is 4.54. The van der Waals surface area contributed by atoms with Gasteiger partial charge in [0.1, 0.15) is 12.5 Å². The van der Waals surface area contributed by atoms with Crippen LogP contribution in [0.4, 0.5) is 0 Å². The Bertz CT molecular complexity index is 494. The highest BCUT2D eigenvalue weighted by molar-refractivity contribution is 5.79. The number of cyclic esters (lactones) is 1. The fourth-order valence-electron chi connectivity index (χ4n) is 2.46. The number of hydrogen-bond donors (Lipinski definition) is 0. The molecule has 0 bridgehead atoms. The molecule has 3 rings (SSSR count). The molecule has 1 saturated heterocycles. The predicted octanol–water partition coefficient (Wildman–Crippen LogP) is 2.99. The first kappa shape index (κ1) is 11.0. The van der Waals surface area contributed by atoms with Gasteiger partial charge in [-0.1, -0.05) is 60.7 Å². The Morgan fingerprint density at radius 1 is 0.889 bits per heavy atom. The molecule has 0 aromatic heterocycles. The van der Waals surface area contributed by atoms with Gasteiger partial charge in [0.05, 0.1) is 0 Å². The van der Waals surface area contributed by atoms with Gasteiger partial charge in [0, 0.05) is 5.92 Å². The molecule has 0 aliphatic carbocycles. The molecular weight excluding hydrogens is 224 g/mol. The lowest BCUT2D eigenvalue weighted by Crippen LogP contribution is -2.39. The van der Waals surface area contributed by atoms with Crippen LogP contribution in [-0.4, -0.2) is 12.6 Å². The lowest BCUT2D eigenvalue weighted by Gasteiger charge is -2.32. The van der Waals surface area contributed by atoms with Gasteiger partial charge in [-0.05, 0) is 11.1 Å². The van der Waals surface area contributed by atoms with Crippen molar-refractivity contribution in [3.63, 3.8) is 0 Å². The van der Waals surface area contributed by atoms with Gasteiger partial charge in [-0.15, -0.1) is 0 Å². The third kappa shape index (κ3) is 1.90. The average Bonchev–Trinajstić information content (AvgIpc) is 2.45. The van der Waals surface area contributed by atoms with Crippen LogP contribution in [0.3, 0.4) is 0 Å². The molecule has 1 fully saturated rings. The zero-order chi connectivity index (χ0) is 12.4. The van der Waals surface area contributed by atoms with Crippen LogP contribution in [0.2, 0.25) is 0 Å². The Morgan fingerprint density at radius 3 is 1.72 bits per heavy atom. The second-order valence-electron chi connectivity index (χ2n) is 4.54. The highest BCUT2D eigenvalue weighted by Crippen LogP contribution is 2.36. The molecule has 1 heterocycles. The minimum absolute atomic E-state index is 0.0465. The summed E-state index contributed by atoms with van der Waals surface area (Å²) < 4.78 is 4.93. The zero-order valence-electron chi connectivity index (χ0n) is 9.95. The SMILES string of the molecule is O=C1OCC1C(c1ccccc1)c1ccccc1. The first-order chi connectivity index (χ1) is 8.86. The van der Waals surface area contributed by atoms with Crippen molar-refractivity contribution in [3.8, 4) is 0 Å². The van der Waals surface area contributed by atoms with E-state index in [1.807, 2.05) is 36.4 Å². The molecule has 2 aromatic carbocycles. The van der Waals surface area contributed by atoms with Gasteiger partial charge in [0.2, 0.25) is 0 Å². The van der Waals surface area contributed by atoms with Gasteiger partial charge in [-0.25, -0.2) is 0 Å². The first-order valence-corrected chi connectivity index (χ1v) is 6.13. The van der Waals surface area contributed by atoms with Gasteiger partial charge in [-0.2, -0.15) is 0 Å². The molecule has 1 aliphatic rings. The molecule has 2 heteroatoms. The molecule has 2 aromatic rings. The number of carbonyl (C=O) groups excluding carboxylic acids is 1. The molecule has 1 unspecified atom stereocenters. The standard InChI is InChI=1S/C16H14O2/c17-16-14(11-18-16)15(12-7-3-1-4-8-12)13-9-5-2-6-10-13/h1-10,14-15H,11H2. The summed E-state index contributed by atoms with van der Waals surface area (Å²) in [5.74, 6) is -0.0313. The summed E-state index contributed by atoms with van der Waals surface area (Å²) in [6, 6.07) is 20.3. The van der Waals surface area contributed by atoms with Gasteiger partial charge in [0.15, 0.2) is 0 Å². The van der Waals surface area contributed by atoms with Crippen molar-refractivity contribution in [2.24, 2.45) is 5.92 Å². The van der Waals surface area contributed by atoms with E-state index in [0.29, 0.717) is 6.61 Å². The highest BCUT2D eigenvalue weighted by Gasteiger charge is 2.39. The number of ether oxygens (including phenoxy) is 1. The lowest BCUT2D eigenvalue weighted by atomic mass is 9.79. The second kappa shape index (κ2) is 4.65. The smallest absolute Gasteiger partial charge is 0.313 e. The molecule has 90 valence electrons. The molecule has 0 N–H and O–H groups in total. The van der Waals surface area contributed by atoms with Crippen molar-refractivity contribution in [2.75, 3.05) is 6.61 Å². The van der Waals surface area contributed by atoms with Crippen LogP contribution in [0, 0.1) is 5.92 Å². The fourth-order valence-corrected chi connectivity index (χ4v) is 2.46. The largest absolute Gasteiger partial charge is 0.464 e. The summed E-state index contributed by atoms with van der Waals surface area (Å²) in [7, 11) is 0.